The van der Waals surface area contributed by atoms with Gasteiger partial charge in [0.1, 0.15) is 0 Å². The van der Waals surface area contributed by atoms with Gasteiger partial charge in [0.15, 0.2) is 5.79 Å². The van der Waals surface area contributed by atoms with Gasteiger partial charge in [0.25, 0.3) is 0 Å². The van der Waals surface area contributed by atoms with E-state index >= 15 is 0 Å². The van der Waals surface area contributed by atoms with Crippen molar-refractivity contribution in [3.63, 3.8) is 0 Å². The molecule has 1 saturated heterocycles. The predicted octanol–water partition coefficient (Wildman–Crippen LogP) is 3.37. The Balaban J connectivity index is 1.64. The van der Waals surface area contributed by atoms with E-state index in [1.807, 2.05) is 0 Å². The largest absolute Gasteiger partial charge is 0.378 e. The Hall–Kier alpha value is -0.120. The number of hydrogen-bond donors (Lipinski definition) is 0. The fourth-order valence-electron chi connectivity index (χ4n) is 3.16. The highest BCUT2D eigenvalue weighted by Gasteiger charge is 2.40. The van der Waals surface area contributed by atoms with Gasteiger partial charge in [-0.15, -0.1) is 0 Å². The molecule has 0 amide bonds. The maximum Gasteiger partial charge on any atom is 0.168 e. The van der Waals surface area contributed by atoms with Gasteiger partial charge in [-0.1, -0.05) is 20.8 Å². The highest BCUT2D eigenvalue weighted by atomic mass is 16.7. The van der Waals surface area contributed by atoms with Gasteiger partial charge in [-0.25, -0.2) is 0 Å². The van der Waals surface area contributed by atoms with Crippen molar-refractivity contribution in [3.05, 3.63) is 0 Å². The SMILES string of the molecule is CC(C)CC(C)COC1CCC2(CC1)OCCO2. The van der Waals surface area contributed by atoms with Crippen LogP contribution in [0, 0.1) is 11.8 Å². The third-order valence-electron chi connectivity index (χ3n) is 4.00. The van der Waals surface area contributed by atoms with Crippen molar-refractivity contribution in [3.8, 4) is 0 Å². The maximum atomic E-state index is 6.04. The Kier molecular flexibility index (Phi) is 5.05. The zero-order chi connectivity index (χ0) is 13.0. The van der Waals surface area contributed by atoms with Gasteiger partial charge >= 0.3 is 0 Å². The molecule has 1 atom stereocenters. The fraction of sp³-hybridized carbons (Fsp3) is 1.00. The van der Waals surface area contributed by atoms with Crippen molar-refractivity contribution in [1.29, 1.82) is 0 Å². The Labute approximate surface area is 111 Å². The van der Waals surface area contributed by atoms with Crippen LogP contribution in [0.2, 0.25) is 0 Å². The molecule has 0 bridgehead atoms. The summed E-state index contributed by atoms with van der Waals surface area (Å²) in [5, 5.41) is 0. The summed E-state index contributed by atoms with van der Waals surface area (Å²) in [5.41, 5.74) is 0. The van der Waals surface area contributed by atoms with E-state index in [1.54, 1.807) is 0 Å². The molecule has 1 aliphatic carbocycles. The third kappa shape index (κ3) is 3.94. The number of hydrogen-bond acceptors (Lipinski definition) is 3. The molecule has 2 fully saturated rings. The van der Waals surface area contributed by atoms with E-state index in [2.05, 4.69) is 20.8 Å². The lowest BCUT2D eigenvalue weighted by molar-refractivity contribution is -0.192. The van der Waals surface area contributed by atoms with E-state index in [0.29, 0.717) is 12.0 Å². The minimum Gasteiger partial charge on any atom is -0.378 e. The van der Waals surface area contributed by atoms with E-state index in [-0.39, 0.29) is 5.79 Å². The smallest absolute Gasteiger partial charge is 0.168 e. The first-order valence-corrected chi connectivity index (χ1v) is 7.49. The molecular formula is C15H28O3. The monoisotopic (exact) mass is 256 g/mol. The van der Waals surface area contributed by atoms with Gasteiger partial charge in [-0.05, 0) is 31.1 Å². The van der Waals surface area contributed by atoms with Crippen LogP contribution in [0.5, 0.6) is 0 Å². The summed E-state index contributed by atoms with van der Waals surface area (Å²) in [6.45, 7) is 9.25. The van der Waals surface area contributed by atoms with E-state index in [9.17, 15) is 0 Å². The second kappa shape index (κ2) is 6.36. The summed E-state index contributed by atoms with van der Waals surface area (Å²) < 4.78 is 17.5. The molecule has 0 aromatic heterocycles. The van der Waals surface area contributed by atoms with Gasteiger partial charge in [0.05, 0.1) is 19.3 Å². The molecule has 1 saturated carbocycles. The molecule has 2 aliphatic rings. The molecule has 0 aromatic rings. The van der Waals surface area contributed by atoms with Crippen LogP contribution < -0.4 is 0 Å². The highest BCUT2D eigenvalue weighted by molar-refractivity contribution is 4.82. The zero-order valence-corrected chi connectivity index (χ0v) is 12.1. The normalized spacial score (nSPS) is 26.0. The van der Waals surface area contributed by atoms with Crippen molar-refractivity contribution >= 4 is 0 Å². The molecule has 1 unspecified atom stereocenters. The number of rotatable bonds is 5. The highest BCUT2D eigenvalue weighted by Crippen LogP contribution is 2.36. The van der Waals surface area contributed by atoms with Crippen LogP contribution in [-0.4, -0.2) is 31.7 Å². The van der Waals surface area contributed by atoms with Crippen LogP contribution in [0.1, 0.15) is 52.9 Å². The second-order valence-corrected chi connectivity index (χ2v) is 6.38. The fourth-order valence-corrected chi connectivity index (χ4v) is 3.16. The summed E-state index contributed by atoms with van der Waals surface area (Å²) in [6.07, 6.45) is 5.82. The van der Waals surface area contributed by atoms with E-state index in [0.717, 1.165) is 51.4 Å². The molecule has 2 rings (SSSR count). The first-order chi connectivity index (χ1) is 8.60. The van der Waals surface area contributed by atoms with Crippen molar-refractivity contribution in [1.82, 2.24) is 0 Å². The molecule has 1 aliphatic heterocycles. The molecule has 18 heavy (non-hydrogen) atoms. The Morgan fingerprint density at radius 2 is 1.72 bits per heavy atom. The predicted molar refractivity (Wildman–Crippen MR) is 71.5 cm³/mol. The molecule has 1 heterocycles. The summed E-state index contributed by atoms with van der Waals surface area (Å²) in [4.78, 5) is 0. The second-order valence-electron chi connectivity index (χ2n) is 6.38. The molecular weight excluding hydrogens is 228 g/mol. The Bertz CT molecular complexity index is 236. The summed E-state index contributed by atoms with van der Waals surface area (Å²) in [5.74, 6) is 1.18. The maximum absolute atomic E-state index is 6.04. The third-order valence-corrected chi connectivity index (χ3v) is 4.00. The van der Waals surface area contributed by atoms with Crippen molar-refractivity contribution in [2.75, 3.05) is 19.8 Å². The van der Waals surface area contributed by atoms with Crippen LogP contribution in [0.3, 0.4) is 0 Å². The first kappa shape index (κ1) is 14.3. The van der Waals surface area contributed by atoms with Crippen molar-refractivity contribution in [2.24, 2.45) is 11.8 Å². The first-order valence-electron chi connectivity index (χ1n) is 7.49. The number of ether oxygens (including phenoxy) is 3. The molecule has 106 valence electrons. The summed E-state index contributed by atoms with van der Waals surface area (Å²) in [6, 6.07) is 0. The van der Waals surface area contributed by atoms with E-state index < -0.39 is 0 Å². The Morgan fingerprint density at radius 1 is 1.11 bits per heavy atom. The Morgan fingerprint density at radius 3 is 2.28 bits per heavy atom. The quantitative estimate of drug-likeness (QED) is 0.755. The lowest BCUT2D eigenvalue weighted by Crippen LogP contribution is -2.38. The average Bonchev–Trinajstić information content (AvgIpc) is 2.76. The summed E-state index contributed by atoms with van der Waals surface area (Å²) in [7, 11) is 0. The van der Waals surface area contributed by atoms with Crippen LogP contribution in [0.4, 0.5) is 0 Å². The molecule has 3 nitrogen and oxygen atoms in total. The van der Waals surface area contributed by atoms with Gasteiger partial charge in [0.2, 0.25) is 0 Å². The van der Waals surface area contributed by atoms with Crippen molar-refractivity contribution in [2.45, 2.75) is 64.8 Å². The lowest BCUT2D eigenvalue weighted by atomic mass is 9.91. The van der Waals surface area contributed by atoms with Crippen LogP contribution in [0.15, 0.2) is 0 Å². The van der Waals surface area contributed by atoms with Crippen LogP contribution >= 0.6 is 0 Å². The minimum absolute atomic E-state index is 0.247. The van der Waals surface area contributed by atoms with Gasteiger partial charge in [0, 0.05) is 19.4 Å². The van der Waals surface area contributed by atoms with Crippen LogP contribution in [-0.2, 0) is 14.2 Å². The van der Waals surface area contributed by atoms with Gasteiger partial charge in [-0.2, -0.15) is 0 Å². The lowest BCUT2D eigenvalue weighted by Gasteiger charge is -2.35. The molecule has 0 aromatic carbocycles. The van der Waals surface area contributed by atoms with Crippen molar-refractivity contribution < 1.29 is 14.2 Å². The molecule has 0 radical (unpaired) electrons. The topological polar surface area (TPSA) is 27.7 Å². The van der Waals surface area contributed by atoms with E-state index in [4.69, 9.17) is 14.2 Å². The van der Waals surface area contributed by atoms with E-state index in [1.165, 1.54) is 6.42 Å². The molecule has 3 heteroatoms. The zero-order valence-electron chi connectivity index (χ0n) is 12.1. The van der Waals surface area contributed by atoms with Gasteiger partial charge < -0.3 is 14.2 Å². The standard InChI is InChI=1S/C15H28O3/c1-12(2)10-13(3)11-16-14-4-6-15(7-5-14)17-8-9-18-15/h12-14H,4-11H2,1-3H3. The van der Waals surface area contributed by atoms with Gasteiger partial charge in [-0.3, -0.25) is 0 Å². The molecule has 0 N–H and O–H groups in total. The summed E-state index contributed by atoms with van der Waals surface area (Å²) >= 11 is 0. The minimum atomic E-state index is -0.247. The average molecular weight is 256 g/mol. The molecule has 1 spiro atoms. The van der Waals surface area contributed by atoms with Crippen LogP contribution in [0.25, 0.3) is 0 Å².